The summed E-state index contributed by atoms with van der Waals surface area (Å²) in [4.78, 5) is 14.7. The smallest absolute Gasteiger partial charge is 0.173 e. The molecule has 144 valence electrons. The highest BCUT2D eigenvalue weighted by Gasteiger charge is 2.36. The number of nitrogens with one attached hydrogen (secondary N) is 1. The first-order chi connectivity index (χ1) is 13.6. The molecule has 4 nitrogen and oxygen atoms in total. The van der Waals surface area contributed by atoms with Crippen LogP contribution in [0.4, 0.5) is 0 Å². The molecule has 1 unspecified atom stereocenters. The maximum Gasteiger partial charge on any atom is 0.173 e. The standard InChI is InChI=1S/C23H24N2O2S/c1-15-8-3-4-9-16(15)14-27-20-13-6-5-10-17(20)22-21-18(11-7-12-19(21)26)25(2)23(28)24-22/h3-6,8-10,13,22H,7,11-12,14H2,1-2H3,(H,24,28). The number of rotatable bonds is 4. The van der Waals surface area contributed by atoms with Gasteiger partial charge in [0.2, 0.25) is 0 Å². The van der Waals surface area contributed by atoms with Crippen molar-refractivity contribution < 1.29 is 9.53 Å². The first-order valence-electron chi connectivity index (χ1n) is 9.63. The molecule has 1 aliphatic heterocycles. The van der Waals surface area contributed by atoms with Crippen molar-refractivity contribution in [1.29, 1.82) is 0 Å². The summed E-state index contributed by atoms with van der Waals surface area (Å²) < 4.78 is 6.20. The molecule has 2 aliphatic rings. The van der Waals surface area contributed by atoms with Crippen LogP contribution in [0.3, 0.4) is 0 Å². The Balaban J connectivity index is 1.69. The molecule has 0 aromatic heterocycles. The molecule has 1 heterocycles. The van der Waals surface area contributed by atoms with Crippen LogP contribution >= 0.6 is 12.2 Å². The Morgan fingerprint density at radius 3 is 2.71 bits per heavy atom. The van der Waals surface area contributed by atoms with Gasteiger partial charge in [0.25, 0.3) is 0 Å². The molecule has 1 aliphatic carbocycles. The van der Waals surface area contributed by atoms with Crippen LogP contribution in [0.25, 0.3) is 0 Å². The van der Waals surface area contributed by atoms with Crippen LogP contribution in [0.15, 0.2) is 59.8 Å². The molecular weight excluding hydrogens is 368 g/mol. The van der Waals surface area contributed by atoms with Gasteiger partial charge in [-0.15, -0.1) is 0 Å². The molecular formula is C23H24N2O2S. The van der Waals surface area contributed by atoms with Crippen LogP contribution in [0, 0.1) is 6.92 Å². The Bertz CT molecular complexity index is 967. The molecule has 4 rings (SSSR count). The lowest BCUT2D eigenvalue weighted by Crippen LogP contribution is -2.47. The number of hydrogen-bond acceptors (Lipinski definition) is 3. The number of benzene rings is 2. The predicted molar refractivity (Wildman–Crippen MR) is 114 cm³/mol. The van der Waals surface area contributed by atoms with E-state index in [9.17, 15) is 4.79 Å². The summed E-state index contributed by atoms with van der Waals surface area (Å²) in [7, 11) is 1.93. The summed E-state index contributed by atoms with van der Waals surface area (Å²) in [5.41, 5.74) is 5.17. The van der Waals surface area contributed by atoms with E-state index >= 15 is 0 Å². The van der Waals surface area contributed by atoms with E-state index in [1.54, 1.807) is 0 Å². The molecule has 0 saturated carbocycles. The molecule has 28 heavy (non-hydrogen) atoms. The average Bonchev–Trinajstić information content (AvgIpc) is 2.70. The summed E-state index contributed by atoms with van der Waals surface area (Å²) in [5.74, 6) is 0.975. The average molecular weight is 393 g/mol. The molecule has 0 bridgehead atoms. The first kappa shape index (κ1) is 18.7. The largest absolute Gasteiger partial charge is 0.489 e. The Hall–Kier alpha value is -2.66. The number of thiocarbonyl (C=S) groups is 1. The van der Waals surface area contributed by atoms with Crippen LogP contribution in [0.2, 0.25) is 0 Å². The third-order valence-electron chi connectivity index (χ3n) is 5.57. The summed E-state index contributed by atoms with van der Waals surface area (Å²) in [6.07, 6.45) is 2.34. The molecule has 2 aromatic carbocycles. The van der Waals surface area contributed by atoms with E-state index in [4.69, 9.17) is 17.0 Å². The van der Waals surface area contributed by atoms with Crippen molar-refractivity contribution in [2.24, 2.45) is 0 Å². The molecule has 0 radical (unpaired) electrons. The lowest BCUT2D eigenvalue weighted by molar-refractivity contribution is -0.116. The van der Waals surface area contributed by atoms with E-state index in [0.29, 0.717) is 18.1 Å². The number of ketones is 1. The number of hydrogen-bond donors (Lipinski definition) is 1. The second kappa shape index (κ2) is 7.76. The van der Waals surface area contributed by atoms with Crippen molar-refractivity contribution in [3.63, 3.8) is 0 Å². The van der Waals surface area contributed by atoms with Crippen LogP contribution in [-0.4, -0.2) is 22.8 Å². The zero-order valence-electron chi connectivity index (χ0n) is 16.2. The zero-order chi connectivity index (χ0) is 19.7. The van der Waals surface area contributed by atoms with Gasteiger partial charge < -0.3 is 15.0 Å². The molecule has 0 spiro atoms. The van der Waals surface area contributed by atoms with Crippen molar-refractivity contribution >= 4 is 23.1 Å². The quantitative estimate of drug-likeness (QED) is 0.779. The van der Waals surface area contributed by atoms with Crippen LogP contribution < -0.4 is 10.1 Å². The number of aryl methyl sites for hydroxylation is 1. The highest BCUT2D eigenvalue weighted by atomic mass is 32.1. The highest BCUT2D eigenvalue weighted by molar-refractivity contribution is 7.80. The van der Waals surface area contributed by atoms with Crippen LogP contribution in [0.5, 0.6) is 5.75 Å². The van der Waals surface area contributed by atoms with Crippen LogP contribution in [0.1, 0.15) is 42.0 Å². The maximum atomic E-state index is 12.8. The fraction of sp³-hybridized carbons (Fsp3) is 0.304. The van der Waals surface area contributed by atoms with Crippen molar-refractivity contribution in [3.05, 3.63) is 76.5 Å². The van der Waals surface area contributed by atoms with E-state index in [-0.39, 0.29) is 11.8 Å². The van der Waals surface area contributed by atoms with Gasteiger partial charge in [-0.1, -0.05) is 42.5 Å². The van der Waals surface area contributed by atoms with Gasteiger partial charge in [0.05, 0.1) is 6.04 Å². The minimum absolute atomic E-state index is 0.196. The first-order valence-corrected chi connectivity index (χ1v) is 10.0. The van der Waals surface area contributed by atoms with E-state index in [1.165, 1.54) is 5.56 Å². The van der Waals surface area contributed by atoms with E-state index < -0.39 is 0 Å². The minimum Gasteiger partial charge on any atom is -0.489 e. The lowest BCUT2D eigenvalue weighted by Gasteiger charge is -2.39. The summed E-state index contributed by atoms with van der Waals surface area (Å²) in [5, 5.41) is 4.01. The second-order valence-electron chi connectivity index (χ2n) is 7.33. The number of carbonyl (C=O) groups excluding carboxylic acids is 1. The summed E-state index contributed by atoms with van der Waals surface area (Å²) in [6, 6.07) is 15.9. The van der Waals surface area contributed by atoms with Crippen molar-refractivity contribution in [2.45, 2.75) is 38.8 Å². The highest BCUT2D eigenvalue weighted by Crippen LogP contribution is 2.39. The summed E-state index contributed by atoms with van der Waals surface area (Å²) in [6.45, 7) is 2.57. The maximum absolute atomic E-state index is 12.8. The number of nitrogens with zero attached hydrogens (tertiary/aromatic N) is 1. The van der Waals surface area contributed by atoms with Crippen molar-refractivity contribution in [1.82, 2.24) is 10.2 Å². The SMILES string of the molecule is Cc1ccccc1COc1ccccc1C1NC(=S)N(C)C2=C1C(=O)CCC2. The molecule has 0 saturated heterocycles. The van der Waals surface area contributed by atoms with Gasteiger partial charge in [0.1, 0.15) is 12.4 Å². The number of allylic oxidation sites excluding steroid dienone is 1. The third-order valence-corrected chi connectivity index (χ3v) is 5.96. The Morgan fingerprint density at radius 2 is 1.89 bits per heavy atom. The van der Waals surface area contributed by atoms with E-state index in [1.807, 2.05) is 48.3 Å². The Kier molecular flexibility index (Phi) is 5.18. The summed E-state index contributed by atoms with van der Waals surface area (Å²) >= 11 is 5.54. The Labute approximate surface area is 171 Å². The zero-order valence-corrected chi connectivity index (χ0v) is 17.0. The molecule has 1 atom stereocenters. The van der Waals surface area contributed by atoms with Crippen molar-refractivity contribution in [3.8, 4) is 5.75 Å². The molecule has 0 amide bonds. The number of carbonyl (C=O) groups is 1. The van der Waals surface area contributed by atoms with Gasteiger partial charge in [-0.25, -0.2) is 0 Å². The normalized spacial score (nSPS) is 19.4. The fourth-order valence-electron chi connectivity index (χ4n) is 3.95. The second-order valence-corrected chi connectivity index (χ2v) is 7.72. The van der Waals surface area contributed by atoms with Gasteiger partial charge in [-0.3, -0.25) is 4.79 Å². The van der Waals surface area contributed by atoms with E-state index in [2.05, 4.69) is 24.4 Å². The molecule has 1 N–H and O–H groups in total. The van der Waals surface area contributed by atoms with Gasteiger partial charge in [0.15, 0.2) is 10.9 Å². The van der Waals surface area contributed by atoms with E-state index in [0.717, 1.165) is 41.0 Å². The third kappa shape index (κ3) is 3.42. The van der Waals surface area contributed by atoms with Gasteiger partial charge in [-0.05, 0) is 49.2 Å². The number of Topliss-reactive ketones (excluding diaryl/α,β-unsaturated/α-hetero) is 1. The fourth-order valence-corrected chi connectivity index (χ4v) is 4.18. The topological polar surface area (TPSA) is 41.6 Å². The van der Waals surface area contributed by atoms with Gasteiger partial charge in [-0.2, -0.15) is 0 Å². The monoisotopic (exact) mass is 392 g/mol. The van der Waals surface area contributed by atoms with Crippen molar-refractivity contribution in [2.75, 3.05) is 7.05 Å². The predicted octanol–water partition coefficient (Wildman–Crippen LogP) is 4.44. The number of para-hydroxylation sites is 1. The van der Waals surface area contributed by atoms with Gasteiger partial charge in [0, 0.05) is 30.3 Å². The van der Waals surface area contributed by atoms with Crippen LogP contribution in [-0.2, 0) is 11.4 Å². The molecule has 2 aromatic rings. The minimum atomic E-state index is -0.264. The molecule has 0 fully saturated rings. The number of ether oxygens (including phenoxy) is 1. The molecule has 5 heteroatoms. The Morgan fingerprint density at radius 1 is 1.14 bits per heavy atom. The van der Waals surface area contributed by atoms with Gasteiger partial charge >= 0.3 is 0 Å². The lowest BCUT2D eigenvalue weighted by atomic mass is 9.84.